The van der Waals surface area contributed by atoms with E-state index in [-0.39, 0.29) is 35.9 Å². The Bertz CT molecular complexity index is 1480. The number of dihydropyridines is 1. The molecule has 2 aliphatic rings. The van der Waals surface area contributed by atoms with E-state index in [0.717, 1.165) is 18.5 Å². The number of likely N-dealkylation sites (tertiary alicyclic amines) is 1. The summed E-state index contributed by atoms with van der Waals surface area (Å²) in [7, 11) is 0. The van der Waals surface area contributed by atoms with Crippen molar-refractivity contribution in [2.45, 2.75) is 64.0 Å². The molecule has 0 aromatic heterocycles. The van der Waals surface area contributed by atoms with Crippen molar-refractivity contribution < 1.29 is 33.9 Å². The summed E-state index contributed by atoms with van der Waals surface area (Å²) in [5.74, 6) is -2.51. The zero-order valence-electron chi connectivity index (χ0n) is 25.7. The zero-order valence-corrected chi connectivity index (χ0v) is 25.7. The van der Waals surface area contributed by atoms with Gasteiger partial charge in [0.25, 0.3) is 10.8 Å². The Labute approximate surface area is 266 Å². The number of nitro benzene ring substituents is 1. The lowest BCUT2D eigenvalue weighted by Crippen LogP contribution is -2.42. The van der Waals surface area contributed by atoms with Crippen LogP contribution in [-0.4, -0.2) is 59.3 Å². The van der Waals surface area contributed by atoms with E-state index >= 15 is 0 Å². The van der Waals surface area contributed by atoms with Gasteiger partial charge in [-0.2, -0.15) is 0 Å². The number of benzene rings is 2. The molecule has 2 unspecified atom stereocenters. The Balaban J connectivity index is 1.50. The van der Waals surface area contributed by atoms with Gasteiger partial charge in [-0.25, -0.2) is 9.59 Å². The second-order valence-electron chi connectivity index (χ2n) is 11.3. The van der Waals surface area contributed by atoms with Crippen molar-refractivity contribution in [3.05, 3.63) is 109 Å². The summed E-state index contributed by atoms with van der Waals surface area (Å²) >= 11 is 0. The van der Waals surface area contributed by atoms with E-state index < -0.39 is 34.0 Å². The maximum absolute atomic E-state index is 13.9. The van der Waals surface area contributed by atoms with Crippen molar-refractivity contribution in [1.29, 1.82) is 0 Å². The highest BCUT2D eigenvalue weighted by molar-refractivity contribution is 6.00. The molecule has 14 nitrogen and oxygen atoms in total. The van der Waals surface area contributed by atoms with Gasteiger partial charge in [0.2, 0.25) is 0 Å². The first-order valence-electron chi connectivity index (χ1n) is 15.3. The maximum Gasteiger partial charge on any atom is 0.338 e. The second kappa shape index (κ2) is 16.4. The topological polar surface area (TPSA) is 189 Å². The van der Waals surface area contributed by atoms with Crippen molar-refractivity contribution in [2.24, 2.45) is 5.73 Å². The van der Waals surface area contributed by atoms with Gasteiger partial charge >= 0.3 is 11.9 Å². The predicted molar refractivity (Wildman–Crippen MR) is 166 cm³/mol. The molecular weight excluding hydrogens is 598 g/mol. The molecule has 2 aliphatic heterocycles. The fourth-order valence-corrected chi connectivity index (χ4v) is 5.75. The molecule has 2 atom stereocenters. The monoisotopic (exact) mass is 637 g/mol. The Hall–Kier alpha value is -4.98. The number of allylic oxidation sites excluding steroid dienone is 1. The fourth-order valence-electron chi connectivity index (χ4n) is 5.75. The van der Waals surface area contributed by atoms with Crippen LogP contribution in [0.5, 0.6) is 0 Å². The molecule has 2 heterocycles. The fraction of sp³-hybridized carbons (Fsp3) is 0.438. The van der Waals surface area contributed by atoms with Gasteiger partial charge < -0.3 is 25.4 Å². The molecule has 14 heteroatoms. The van der Waals surface area contributed by atoms with Crippen LogP contribution in [0.1, 0.15) is 62.5 Å². The number of nitrogens with zero attached hydrogens (tertiary/aromatic N) is 3. The lowest BCUT2D eigenvalue weighted by molar-refractivity contribution is -0.757. The van der Waals surface area contributed by atoms with Crippen LogP contribution in [0.4, 0.5) is 5.69 Å². The number of hydrogen-bond donors (Lipinski definition) is 2. The van der Waals surface area contributed by atoms with E-state index in [9.17, 15) is 29.8 Å². The number of nitrogens with two attached hydrogens (primary N) is 1. The molecule has 3 N–H and O–H groups in total. The van der Waals surface area contributed by atoms with E-state index in [0.29, 0.717) is 56.5 Å². The number of piperidine rings is 1. The molecule has 246 valence electrons. The van der Waals surface area contributed by atoms with Gasteiger partial charge in [0.05, 0.1) is 35.2 Å². The maximum atomic E-state index is 13.9. The van der Waals surface area contributed by atoms with E-state index in [4.69, 9.17) is 15.2 Å². The van der Waals surface area contributed by atoms with Gasteiger partial charge in [0.1, 0.15) is 11.9 Å². The Kier molecular flexibility index (Phi) is 12.1. The summed E-state index contributed by atoms with van der Waals surface area (Å²) in [4.78, 5) is 55.3. The van der Waals surface area contributed by atoms with Crippen LogP contribution < -0.4 is 11.1 Å². The molecule has 1 fully saturated rings. The molecule has 1 saturated heterocycles. The van der Waals surface area contributed by atoms with Crippen LogP contribution >= 0.6 is 0 Å². The van der Waals surface area contributed by atoms with E-state index in [2.05, 4.69) is 15.1 Å². The number of esters is 2. The molecule has 2 aromatic rings. The first-order valence-corrected chi connectivity index (χ1v) is 15.3. The summed E-state index contributed by atoms with van der Waals surface area (Å²) < 4.78 is 11.6. The van der Waals surface area contributed by atoms with Crippen LogP contribution in [0, 0.1) is 20.2 Å². The number of non-ortho nitro benzene ring substituents is 1. The highest BCUT2D eigenvalue weighted by Crippen LogP contribution is 2.39. The van der Waals surface area contributed by atoms with Gasteiger partial charge in [0, 0.05) is 30.9 Å². The molecule has 0 spiro atoms. The number of nitro groups is 1. The molecule has 4 rings (SSSR count). The third-order valence-corrected chi connectivity index (χ3v) is 7.90. The summed E-state index contributed by atoms with van der Waals surface area (Å²) in [5, 5.41) is 24.0. The highest BCUT2D eigenvalue weighted by Gasteiger charge is 2.40. The third kappa shape index (κ3) is 9.27. The van der Waals surface area contributed by atoms with Crippen molar-refractivity contribution in [3.63, 3.8) is 0 Å². The molecule has 2 aromatic carbocycles. The van der Waals surface area contributed by atoms with E-state index in [1.807, 2.05) is 30.3 Å². The largest absolute Gasteiger partial charge is 0.462 e. The van der Waals surface area contributed by atoms with Crippen molar-refractivity contribution in [3.8, 4) is 0 Å². The first-order chi connectivity index (χ1) is 22.1. The lowest BCUT2D eigenvalue weighted by atomic mass is 9.81. The SMILES string of the molecule is CC1=C(C(=O)OCCCCCCO[N+](=O)[O-])C(c2cccc([N+](=O)[O-])c2)C(C(=O)OC2CCCN(Cc3ccccc3)C2)=C(N)N1. The Morgan fingerprint density at radius 3 is 2.43 bits per heavy atom. The van der Waals surface area contributed by atoms with Crippen molar-refractivity contribution >= 4 is 17.6 Å². The molecular formula is C32H39N5O9. The number of carbonyl (C=O) groups is 2. The number of rotatable bonds is 15. The van der Waals surface area contributed by atoms with Gasteiger partial charge in [-0.15, -0.1) is 10.1 Å². The van der Waals surface area contributed by atoms with Gasteiger partial charge in [-0.05, 0) is 56.7 Å². The predicted octanol–water partition coefficient (Wildman–Crippen LogP) is 4.25. The summed E-state index contributed by atoms with van der Waals surface area (Å²) in [6, 6.07) is 15.7. The zero-order chi connectivity index (χ0) is 33.1. The van der Waals surface area contributed by atoms with Crippen LogP contribution in [0.2, 0.25) is 0 Å². The van der Waals surface area contributed by atoms with Crippen LogP contribution in [0.25, 0.3) is 0 Å². The van der Waals surface area contributed by atoms with Crippen molar-refractivity contribution in [2.75, 3.05) is 26.3 Å². The number of hydrogen-bond acceptors (Lipinski definition) is 12. The summed E-state index contributed by atoms with van der Waals surface area (Å²) in [6.45, 7) is 3.76. The van der Waals surface area contributed by atoms with Crippen molar-refractivity contribution in [1.82, 2.24) is 10.2 Å². The minimum absolute atomic E-state index is 0.00597. The van der Waals surface area contributed by atoms with Gasteiger partial charge in [0.15, 0.2) is 0 Å². The third-order valence-electron chi connectivity index (χ3n) is 7.90. The highest BCUT2D eigenvalue weighted by atomic mass is 16.9. The second-order valence-corrected chi connectivity index (χ2v) is 11.3. The average Bonchev–Trinajstić information content (AvgIpc) is 3.02. The molecule has 0 amide bonds. The minimum Gasteiger partial charge on any atom is -0.462 e. The van der Waals surface area contributed by atoms with Crippen LogP contribution in [0.15, 0.2) is 77.3 Å². The van der Waals surface area contributed by atoms with E-state index in [1.54, 1.807) is 13.0 Å². The van der Waals surface area contributed by atoms with Crippen LogP contribution in [-0.2, 0) is 30.4 Å². The average molecular weight is 638 g/mol. The Morgan fingerprint density at radius 2 is 1.72 bits per heavy atom. The smallest absolute Gasteiger partial charge is 0.338 e. The standard InChI is InChI=1S/C32H39N5O9/c1-22-27(31(38)44-17-7-2-3-8-18-45-37(42)43)28(24-13-9-14-25(19-24)36(40)41)29(30(33)34-22)32(39)46-26-15-10-16-35(21-26)20-23-11-5-4-6-12-23/h4-6,9,11-14,19,26,28,34H,2-3,7-8,10,15-18,20-21,33H2,1H3. The summed E-state index contributed by atoms with van der Waals surface area (Å²) in [5.41, 5.74) is 8.05. The molecule has 0 bridgehead atoms. The van der Waals surface area contributed by atoms with Crippen LogP contribution in [0.3, 0.4) is 0 Å². The first kappa shape index (κ1) is 33.9. The summed E-state index contributed by atoms with van der Waals surface area (Å²) in [6.07, 6.45) is 3.33. The number of unbranched alkanes of at least 4 members (excludes halogenated alkanes) is 3. The quantitative estimate of drug-likeness (QED) is 0.122. The van der Waals surface area contributed by atoms with E-state index in [1.165, 1.54) is 18.2 Å². The molecule has 0 saturated carbocycles. The number of carbonyl (C=O) groups excluding carboxylic acids is 2. The molecule has 0 aliphatic carbocycles. The minimum atomic E-state index is -1.08. The lowest BCUT2D eigenvalue weighted by Gasteiger charge is -2.34. The molecule has 46 heavy (non-hydrogen) atoms. The Morgan fingerprint density at radius 1 is 0.978 bits per heavy atom. The van der Waals surface area contributed by atoms with Gasteiger partial charge in [-0.1, -0.05) is 48.9 Å². The van der Waals surface area contributed by atoms with Gasteiger partial charge in [-0.3, -0.25) is 15.0 Å². The number of nitrogens with one attached hydrogen (secondary N) is 1. The number of ether oxygens (including phenoxy) is 2. The molecule has 0 radical (unpaired) electrons. The normalized spacial score (nSPS) is 18.5.